The molecule has 0 bridgehead atoms. The first-order valence-corrected chi connectivity index (χ1v) is 7.16. The molecule has 0 amide bonds. The molecular formula is C16H26N2O. The molecule has 2 unspecified atom stereocenters. The van der Waals surface area contributed by atoms with E-state index < -0.39 is 0 Å². The Morgan fingerprint density at radius 3 is 2.84 bits per heavy atom. The van der Waals surface area contributed by atoms with Crippen molar-refractivity contribution in [3.8, 4) is 0 Å². The molecule has 0 spiro atoms. The van der Waals surface area contributed by atoms with Gasteiger partial charge in [0, 0.05) is 19.7 Å². The molecule has 2 rings (SSSR count). The van der Waals surface area contributed by atoms with Crippen molar-refractivity contribution in [2.75, 3.05) is 27.3 Å². The first kappa shape index (κ1) is 14.5. The Bertz CT molecular complexity index is 421. The molecule has 1 aliphatic rings. The first-order valence-electron chi connectivity index (χ1n) is 7.16. The van der Waals surface area contributed by atoms with Crippen molar-refractivity contribution in [1.29, 1.82) is 0 Å². The molecule has 19 heavy (non-hydrogen) atoms. The molecule has 3 heteroatoms. The molecule has 1 aliphatic carbocycles. The molecule has 1 aromatic carbocycles. The lowest BCUT2D eigenvalue weighted by Crippen LogP contribution is -2.55. The van der Waals surface area contributed by atoms with Crippen LogP contribution in [0.25, 0.3) is 0 Å². The van der Waals surface area contributed by atoms with Crippen LogP contribution in [0, 0.1) is 0 Å². The Kier molecular flexibility index (Phi) is 4.61. The second-order valence-electron chi connectivity index (χ2n) is 5.66. The van der Waals surface area contributed by atoms with Gasteiger partial charge in [0.15, 0.2) is 0 Å². The van der Waals surface area contributed by atoms with Gasteiger partial charge in [-0.2, -0.15) is 0 Å². The van der Waals surface area contributed by atoms with Crippen molar-refractivity contribution < 1.29 is 4.74 Å². The van der Waals surface area contributed by atoms with Gasteiger partial charge in [-0.05, 0) is 44.4 Å². The molecule has 2 N–H and O–H groups in total. The van der Waals surface area contributed by atoms with Gasteiger partial charge in [0.05, 0.1) is 12.1 Å². The molecule has 0 saturated heterocycles. The zero-order chi connectivity index (χ0) is 13.9. The van der Waals surface area contributed by atoms with E-state index in [9.17, 15) is 0 Å². The van der Waals surface area contributed by atoms with Gasteiger partial charge in [-0.15, -0.1) is 0 Å². The average Bonchev–Trinajstić information content (AvgIpc) is 2.46. The van der Waals surface area contributed by atoms with Crippen LogP contribution in [-0.2, 0) is 16.7 Å². The number of nitrogens with two attached hydrogens (primary N) is 1. The van der Waals surface area contributed by atoms with Crippen molar-refractivity contribution in [2.24, 2.45) is 5.73 Å². The van der Waals surface area contributed by atoms with Crippen LogP contribution in [0.3, 0.4) is 0 Å². The Hall–Kier alpha value is -0.900. The van der Waals surface area contributed by atoms with Gasteiger partial charge in [0.25, 0.3) is 0 Å². The van der Waals surface area contributed by atoms with Crippen LogP contribution >= 0.6 is 0 Å². The van der Waals surface area contributed by atoms with E-state index in [0.29, 0.717) is 12.6 Å². The van der Waals surface area contributed by atoms with Crippen molar-refractivity contribution in [1.82, 2.24) is 4.90 Å². The summed E-state index contributed by atoms with van der Waals surface area (Å²) in [6, 6.07) is 9.11. The van der Waals surface area contributed by atoms with Crippen LogP contribution in [0.1, 0.15) is 30.9 Å². The summed E-state index contributed by atoms with van der Waals surface area (Å²) in [7, 11) is 3.94. The van der Waals surface area contributed by atoms with Crippen LogP contribution in [0.5, 0.6) is 0 Å². The second-order valence-corrected chi connectivity index (χ2v) is 5.66. The summed E-state index contributed by atoms with van der Waals surface area (Å²) < 4.78 is 5.31. The fourth-order valence-electron chi connectivity index (χ4n) is 3.40. The minimum atomic E-state index is -0.0349. The lowest BCUT2D eigenvalue weighted by Gasteiger charge is -2.47. The van der Waals surface area contributed by atoms with E-state index in [0.717, 1.165) is 13.0 Å². The molecular weight excluding hydrogens is 236 g/mol. The van der Waals surface area contributed by atoms with Gasteiger partial charge in [-0.1, -0.05) is 24.3 Å². The SMILES string of the molecule is COCC(C)N(C)C1(CN)CCCc2ccccc21. The molecule has 0 saturated carbocycles. The minimum absolute atomic E-state index is 0.0349. The molecule has 0 heterocycles. The number of likely N-dealkylation sites (N-methyl/N-ethyl adjacent to an activating group) is 1. The summed E-state index contributed by atoms with van der Waals surface area (Å²) in [5.74, 6) is 0. The zero-order valence-electron chi connectivity index (χ0n) is 12.4. The molecule has 106 valence electrons. The van der Waals surface area contributed by atoms with E-state index >= 15 is 0 Å². The zero-order valence-corrected chi connectivity index (χ0v) is 12.4. The Morgan fingerprint density at radius 1 is 1.42 bits per heavy atom. The largest absolute Gasteiger partial charge is 0.383 e. The van der Waals surface area contributed by atoms with Crippen LogP contribution < -0.4 is 5.73 Å². The molecule has 0 fully saturated rings. The molecule has 3 nitrogen and oxygen atoms in total. The number of hydrogen-bond acceptors (Lipinski definition) is 3. The van der Waals surface area contributed by atoms with Crippen molar-refractivity contribution >= 4 is 0 Å². The lowest BCUT2D eigenvalue weighted by molar-refractivity contribution is 0.0253. The number of hydrogen-bond donors (Lipinski definition) is 1. The normalized spacial score (nSPS) is 24.3. The Labute approximate surface area is 116 Å². The van der Waals surface area contributed by atoms with E-state index in [1.807, 2.05) is 0 Å². The third-order valence-corrected chi connectivity index (χ3v) is 4.64. The number of rotatable bonds is 5. The predicted molar refractivity (Wildman–Crippen MR) is 79.2 cm³/mol. The fourth-order valence-corrected chi connectivity index (χ4v) is 3.40. The monoisotopic (exact) mass is 262 g/mol. The van der Waals surface area contributed by atoms with Crippen molar-refractivity contribution in [2.45, 2.75) is 37.8 Å². The highest BCUT2D eigenvalue weighted by Crippen LogP contribution is 2.39. The number of nitrogens with zero attached hydrogens (tertiary/aromatic N) is 1. The highest BCUT2D eigenvalue weighted by molar-refractivity contribution is 5.36. The number of ether oxygens (including phenoxy) is 1. The van der Waals surface area contributed by atoms with Crippen molar-refractivity contribution in [3.05, 3.63) is 35.4 Å². The number of benzene rings is 1. The smallest absolute Gasteiger partial charge is 0.0615 e. The summed E-state index contributed by atoms with van der Waals surface area (Å²) in [5.41, 5.74) is 9.04. The van der Waals surface area contributed by atoms with Gasteiger partial charge in [0.2, 0.25) is 0 Å². The van der Waals surface area contributed by atoms with E-state index in [2.05, 4.69) is 43.1 Å². The van der Waals surface area contributed by atoms with Crippen molar-refractivity contribution in [3.63, 3.8) is 0 Å². The number of methoxy groups -OCH3 is 1. The minimum Gasteiger partial charge on any atom is -0.383 e. The third-order valence-electron chi connectivity index (χ3n) is 4.64. The van der Waals surface area contributed by atoms with Gasteiger partial charge in [-0.3, -0.25) is 4.90 Å². The summed E-state index contributed by atoms with van der Waals surface area (Å²) in [4.78, 5) is 2.41. The number of fused-ring (bicyclic) bond motifs is 1. The maximum absolute atomic E-state index is 6.21. The Morgan fingerprint density at radius 2 is 2.16 bits per heavy atom. The summed E-state index contributed by atoms with van der Waals surface area (Å²) in [6.07, 6.45) is 3.51. The summed E-state index contributed by atoms with van der Waals surface area (Å²) in [5, 5.41) is 0. The van der Waals surface area contributed by atoms with E-state index in [1.165, 1.54) is 24.0 Å². The highest BCUT2D eigenvalue weighted by Gasteiger charge is 2.40. The molecule has 0 radical (unpaired) electrons. The summed E-state index contributed by atoms with van der Waals surface area (Å²) >= 11 is 0. The van der Waals surface area contributed by atoms with Gasteiger partial charge in [0.1, 0.15) is 0 Å². The van der Waals surface area contributed by atoms with E-state index in [1.54, 1.807) is 7.11 Å². The second kappa shape index (κ2) is 6.04. The van der Waals surface area contributed by atoms with Crippen LogP contribution in [0.15, 0.2) is 24.3 Å². The van der Waals surface area contributed by atoms with E-state index in [4.69, 9.17) is 10.5 Å². The standard InChI is InChI=1S/C16H26N2O/c1-13(11-19-3)18(2)16(12-17)10-6-8-14-7-4-5-9-15(14)16/h4-5,7,9,13H,6,8,10-12,17H2,1-3H3. The topological polar surface area (TPSA) is 38.5 Å². The fraction of sp³-hybridized carbons (Fsp3) is 0.625. The quantitative estimate of drug-likeness (QED) is 0.883. The molecule has 0 aromatic heterocycles. The molecule has 2 atom stereocenters. The first-order chi connectivity index (χ1) is 9.15. The maximum Gasteiger partial charge on any atom is 0.0615 e. The highest BCUT2D eigenvalue weighted by atomic mass is 16.5. The molecule has 1 aromatic rings. The van der Waals surface area contributed by atoms with Crippen LogP contribution in [0.2, 0.25) is 0 Å². The van der Waals surface area contributed by atoms with Gasteiger partial charge >= 0.3 is 0 Å². The lowest BCUT2D eigenvalue weighted by atomic mass is 9.75. The maximum atomic E-state index is 6.21. The average molecular weight is 262 g/mol. The predicted octanol–water partition coefficient (Wildman–Crippen LogP) is 2.14. The van der Waals surface area contributed by atoms with Gasteiger partial charge < -0.3 is 10.5 Å². The van der Waals surface area contributed by atoms with Crippen LogP contribution in [-0.4, -0.2) is 38.3 Å². The van der Waals surface area contributed by atoms with Crippen LogP contribution in [0.4, 0.5) is 0 Å². The summed E-state index contributed by atoms with van der Waals surface area (Å²) in [6.45, 7) is 3.60. The Balaban J connectivity index is 2.38. The number of aryl methyl sites for hydroxylation is 1. The van der Waals surface area contributed by atoms with E-state index in [-0.39, 0.29) is 5.54 Å². The molecule has 0 aliphatic heterocycles. The van der Waals surface area contributed by atoms with Gasteiger partial charge in [-0.25, -0.2) is 0 Å². The third kappa shape index (κ3) is 2.55.